The molecule has 1 amide bonds. The molecule has 0 saturated heterocycles. The Kier molecular flexibility index (Phi) is 4.99. The molecule has 1 heterocycles. The van der Waals surface area contributed by atoms with Gasteiger partial charge in [0.2, 0.25) is 5.91 Å². The summed E-state index contributed by atoms with van der Waals surface area (Å²) in [7, 11) is 0. The zero-order chi connectivity index (χ0) is 16.9. The third-order valence-corrected chi connectivity index (χ3v) is 4.36. The van der Waals surface area contributed by atoms with E-state index in [-0.39, 0.29) is 11.9 Å². The van der Waals surface area contributed by atoms with Gasteiger partial charge in [-0.25, -0.2) is 0 Å². The van der Waals surface area contributed by atoms with Gasteiger partial charge in [-0.3, -0.25) is 4.79 Å². The molecule has 3 nitrogen and oxygen atoms in total. The first-order chi connectivity index (χ1) is 11.6. The van der Waals surface area contributed by atoms with Crippen molar-refractivity contribution in [3.8, 4) is 0 Å². The maximum Gasteiger partial charge on any atom is 0.220 e. The van der Waals surface area contributed by atoms with Gasteiger partial charge >= 0.3 is 0 Å². The van der Waals surface area contributed by atoms with Gasteiger partial charge in [0, 0.05) is 17.4 Å². The molecule has 0 fully saturated rings. The minimum atomic E-state index is -0.123. The van der Waals surface area contributed by atoms with Crippen molar-refractivity contribution in [3.05, 3.63) is 71.5 Å². The second-order valence-corrected chi connectivity index (χ2v) is 6.22. The fraction of sp³-hybridized carbons (Fsp3) is 0.286. The summed E-state index contributed by atoms with van der Waals surface area (Å²) in [6.07, 6.45) is 2.30. The summed E-state index contributed by atoms with van der Waals surface area (Å²) in [4.78, 5) is 12.2. The number of furan rings is 1. The second kappa shape index (κ2) is 7.35. The molecular weight excluding hydrogens is 298 g/mol. The minimum Gasteiger partial charge on any atom is -0.459 e. The predicted molar refractivity (Wildman–Crippen MR) is 96.9 cm³/mol. The van der Waals surface area contributed by atoms with Crippen LogP contribution in [-0.2, 0) is 11.2 Å². The number of carbonyl (C=O) groups excluding carboxylic acids is 1. The topological polar surface area (TPSA) is 42.2 Å². The van der Waals surface area contributed by atoms with Gasteiger partial charge in [0.1, 0.15) is 11.3 Å². The van der Waals surface area contributed by atoms with E-state index >= 15 is 0 Å². The predicted octanol–water partition coefficient (Wildman–Crippen LogP) is 4.94. The van der Waals surface area contributed by atoms with E-state index in [2.05, 4.69) is 17.4 Å². The van der Waals surface area contributed by atoms with Crippen molar-refractivity contribution in [3.63, 3.8) is 0 Å². The van der Waals surface area contributed by atoms with Crippen LogP contribution in [0.25, 0.3) is 11.0 Å². The van der Waals surface area contributed by atoms with Gasteiger partial charge in [0.05, 0.1) is 6.04 Å². The first-order valence-corrected chi connectivity index (χ1v) is 8.46. The Morgan fingerprint density at radius 2 is 1.79 bits per heavy atom. The number of hydrogen-bond acceptors (Lipinski definition) is 2. The summed E-state index contributed by atoms with van der Waals surface area (Å²) in [5.74, 6) is 0.908. The quantitative estimate of drug-likeness (QED) is 0.698. The Bertz CT molecular complexity index is 820. The van der Waals surface area contributed by atoms with E-state index in [0.717, 1.165) is 35.1 Å². The number of rotatable bonds is 6. The normalized spacial score (nSPS) is 12.2. The molecule has 3 heteroatoms. The van der Waals surface area contributed by atoms with Gasteiger partial charge in [-0.1, -0.05) is 48.5 Å². The smallest absolute Gasteiger partial charge is 0.220 e. The maximum atomic E-state index is 12.2. The number of nitrogens with one attached hydrogen (secondary N) is 1. The van der Waals surface area contributed by atoms with Crippen molar-refractivity contribution < 1.29 is 9.21 Å². The molecule has 124 valence electrons. The molecule has 0 radical (unpaired) electrons. The number of fused-ring (bicyclic) bond motifs is 1. The highest BCUT2D eigenvalue weighted by atomic mass is 16.3. The Morgan fingerprint density at radius 1 is 1.08 bits per heavy atom. The number of benzene rings is 2. The van der Waals surface area contributed by atoms with Crippen LogP contribution in [0.3, 0.4) is 0 Å². The van der Waals surface area contributed by atoms with E-state index in [4.69, 9.17) is 4.42 Å². The highest BCUT2D eigenvalue weighted by Crippen LogP contribution is 2.29. The molecule has 0 aliphatic heterocycles. The molecule has 0 spiro atoms. The summed E-state index contributed by atoms with van der Waals surface area (Å²) >= 11 is 0. The van der Waals surface area contributed by atoms with Crippen LogP contribution in [0.2, 0.25) is 0 Å². The summed E-state index contributed by atoms with van der Waals surface area (Å²) in [5, 5.41) is 4.16. The number of para-hydroxylation sites is 1. The first kappa shape index (κ1) is 16.3. The van der Waals surface area contributed by atoms with Crippen LogP contribution < -0.4 is 5.32 Å². The molecule has 0 bridgehead atoms. The van der Waals surface area contributed by atoms with Gasteiger partial charge in [-0.15, -0.1) is 0 Å². The lowest BCUT2D eigenvalue weighted by molar-refractivity contribution is -0.121. The lowest BCUT2D eigenvalue weighted by atomic mass is 10.1. The molecule has 3 rings (SSSR count). The maximum absolute atomic E-state index is 12.2. The van der Waals surface area contributed by atoms with Gasteiger partial charge in [0.25, 0.3) is 0 Å². The van der Waals surface area contributed by atoms with E-state index in [0.29, 0.717) is 6.42 Å². The molecule has 24 heavy (non-hydrogen) atoms. The van der Waals surface area contributed by atoms with E-state index in [1.165, 1.54) is 5.56 Å². The summed E-state index contributed by atoms with van der Waals surface area (Å²) < 4.78 is 5.92. The van der Waals surface area contributed by atoms with Crippen LogP contribution in [-0.4, -0.2) is 5.91 Å². The van der Waals surface area contributed by atoms with Crippen molar-refractivity contribution in [1.82, 2.24) is 5.32 Å². The van der Waals surface area contributed by atoms with Gasteiger partial charge in [-0.2, -0.15) is 0 Å². The standard InChI is InChI=1S/C21H23NO2/c1-15-18-12-6-7-13-19(18)24-21(15)16(2)22-20(23)14-8-11-17-9-4-3-5-10-17/h3-7,9-10,12-13,16H,8,11,14H2,1-2H3,(H,22,23). The van der Waals surface area contributed by atoms with E-state index in [1.54, 1.807) is 0 Å². The van der Waals surface area contributed by atoms with Crippen LogP contribution in [0.5, 0.6) is 0 Å². The number of carbonyl (C=O) groups is 1. The fourth-order valence-corrected chi connectivity index (χ4v) is 3.08. The highest BCUT2D eigenvalue weighted by Gasteiger charge is 2.17. The van der Waals surface area contributed by atoms with Crippen molar-refractivity contribution in [2.75, 3.05) is 0 Å². The Balaban J connectivity index is 1.56. The zero-order valence-electron chi connectivity index (χ0n) is 14.2. The largest absolute Gasteiger partial charge is 0.459 e. The summed E-state index contributed by atoms with van der Waals surface area (Å²) in [6, 6.07) is 18.1. The lowest BCUT2D eigenvalue weighted by Crippen LogP contribution is -2.26. The third kappa shape index (κ3) is 3.67. The van der Waals surface area contributed by atoms with Crippen molar-refractivity contribution in [2.45, 2.75) is 39.2 Å². The first-order valence-electron chi connectivity index (χ1n) is 8.46. The van der Waals surface area contributed by atoms with E-state index in [1.807, 2.05) is 56.3 Å². The second-order valence-electron chi connectivity index (χ2n) is 6.22. The fourth-order valence-electron chi connectivity index (χ4n) is 3.08. The van der Waals surface area contributed by atoms with E-state index < -0.39 is 0 Å². The number of amides is 1. The Labute approximate surface area is 142 Å². The Hall–Kier alpha value is -2.55. The summed E-state index contributed by atoms with van der Waals surface area (Å²) in [5.41, 5.74) is 3.24. The minimum absolute atomic E-state index is 0.0679. The average Bonchev–Trinajstić information content (AvgIpc) is 2.93. The number of aryl methyl sites for hydroxylation is 2. The molecule has 0 aliphatic carbocycles. The molecule has 1 N–H and O–H groups in total. The van der Waals surface area contributed by atoms with Crippen molar-refractivity contribution in [2.24, 2.45) is 0 Å². The third-order valence-electron chi connectivity index (χ3n) is 4.36. The van der Waals surface area contributed by atoms with Crippen LogP contribution in [0, 0.1) is 6.92 Å². The lowest BCUT2D eigenvalue weighted by Gasteiger charge is -2.12. The zero-order valence-corrected chi connectivity index (χ0v) is 14.2. The molecule has 0 saturated carbocycles. The molecule has 1 aromatic heterocycles. The van der Waals surface area contributed by atoms with Crippen LogP contribution in [0.4, 0.5) is 0 Å². The monoisotopic (exact) mass is 321 g/mol. The van der Waals surface area contributed by atoms with Crippen LogP contribution in [0.1, 0.15) is 42.7 Å². The van der Waals surface area contributed by atoms with Gasteiger partial charge < -0.3 is 9.73 Å². The van der Waals surface area contributed by atoms with Gasteiger partial charge in [0.15, 0.2) is 0 Å². The Morgan fingerprint density at radius 3 is 2.54 bits per heavy atom. The number of hydrogen-bond donors (Lipinski definition) is 1. The van der Waals surface area contributed by atoms with Crippen LogP contribution >= 0.6 is 0 Å². The molecule has 1 atom stereocenters. The average molecular weight is 321 g/mol. The molecule has 1 unspecified atom stereocenters. The highest BCUT2D eigenvalue weighted by molar-refractivity contribution is 5.82. The van der Waals surface area contributed by atoms with Crippen molar-refractivity contribution in [1.29, 1.82) is 0 Å². The van der Waals surface area contributed by atoms with Crippen molar-refractivity contribution >= 4 is 16.9 Å². The van der Waals surface area contributed by atoms with Crippen LogP contribution in [0.15, 0.2) is 59.0 Å². The van der Waals surface area contributed by atoms with Gasteiger partial charge in [-0.05, 0) is 38.3 Å². The molecule has 0 aliphatic rings. The molecule has 2 aromatic carbocycles. The SMILES string of the molecule is Cc1c(C(C)NC(=O)CCCc2ccccc2)oc2ccccc12. The molecular formula is C21H23NO2. The molecule has 3 aromatic rings. The summed E-state index contributed by atoms with van der Waals surface area (Å²) in [6.45, 7) is 4.01. The van der Waals surface area contributed by atoms with E-state index in [9.17, 15) is 4.79 Å².